The minimum atomic E-state index is -0.250. The van der Waals surface area contributed by atoms with Crippen molar-refractivity contribution in [3.8, 4) is 11.5 Å². The molecule has 1 aromatic rings. The monoisotopic (exact) mass is 264 g/mol. The number of benzene rings is 1. The molecule has 2 atom stereocenters. The van der Waals surface area contributed by atoms with E-state index in [0.717, 1.165) is 19.5 Å². The summed E-state index contributed by atoms with van der Waals surface area (Å²) in [6.07, 6.45) is 1.07. The number of amides is 1. The van der Waals surface area contributed by atoms with Crippen LogP contribution in [0.15, 0.2) is 18.2 Å². The van der Waals surface area contributed by atoms with E-state index in [1.165, 1.54) is 13.2 Å². The van der Waals surface area contributed by atoms with Crippen LogP contribution in [0.5, 0.6) is 11.5 Å². The fourth-order valence-corrected chi connectivity index (χ4v) is 2.34. The SMILES string of the molecule is COc1ccc(C(=O)NC(C)C2CCNC2)c(O)c1. The fourth-order valence-electron chi connectivity index (χ4n) is 2.34. The number of ether oxygens (including phenoxy) is 1. The Morgan fingerprint density at radius 2 is 2.37 bits per heavy atom. The molecule has 0 radical (unpaired) electrons. The Morgan fingerprint density at radius 1 is 1.58 bits per heavy atom. The molecule has 3 N–H and O–H groups in total. The zero-order chi connectivity index (χ0) is 13.8. The number of methoxy groups -OCH3 is 1. The highest BCUT2D eigenvalue weighted by Gasteiger charge is 2.23. The third-order valence-corrected chi connectivity index (χ3v) is 3.61. The number of phenolic OH excluding ortho intramolecular Hbond substituents is 1. The standard InChI is InChI=1S/C14H20N2O3/c1-9(10-5-6-15-8-10)16-14(18)12-4-3-11(19-2)7-13(12)17/h3-4,7,9-10,15,17H,5-6,8H2,1-2H3,(H,16,18). The van der Waals surface area contributed by atoms with E-state index >= 15 is 0 Å². The molecule has 5 heteroatoms. The van der Waals surface area contributed by atoms with Gasteiger partial charge in [-0.25, -0.2) is 0 Å². The zero-order valence-corrected chi connectivity index (χ0v) is 11.3. The van der Waals surface area contributed by atoms with Crippen molar-refractivity contribution in [2.45, 2.75) is 19.4 Å². The molecule has 0 aromatic heterocycles. The molecule has 1 aliphatic heterocycles. The van der Waals surface area contributed by atoms with Gasteiger partial charge in [-0.15, -0.1) is 0 Å². The molecule has 0 aliphatic carbocycles. The second kappa shape index (κ2) is 5.93. The van der Waals surface area contributed by atoms with Crippen molar-refractivity contribution in [1.29, 1.82) is 0 Å². The van der Waals surface area contributed by atoms with Crippen LogP contribution in [-0.2, 0) is 0 Å². The number of phenols is 1. The van der Waals surface area contributed by atoms with Gasteiger partial charge < -0.3 is 20.5 Å². The third-order valence-electron chi connectivity index (χ3n) is 3.61. The van der Waals surface area contributed by atoms with Crippen molar-refractivity contribution in [3.05, 3.63) is 23.8 Å². The van der Waals surface area contributed by atoms with E-state index in [1.807, 2.05) is 6.92 Å². The van der Waals surface area contributed by atoms with Crippen molar-refractivity contribution in [3.63, 3.8) is 0 Å². The number of carbonyl (C=O) groups excluding carboxylic acids is 1. The van der Waals surface area contributed by atoms with Crippen molar-refractivity contribution in [1.82, 2.24) is 10.6 Å². The Bertz CT molecular complexity index is 456. The van der Waals surface area contributed by atoms with Gasteiger partial charge in [-0.05, 0) is 44.5 Å². The molecule has 1 aliphatic rings. The smallest absolute Gasteiger partial charge is 0.255 e. The lowest BCUT2D eigenvalue weighted by atomic mass is 10.00. The summed E-state index contributed by atoms with van der Waals surface area (Å²) < 4.78 is 4.99. The second-order valence-electron chi connectivity index (χ2n) is 4.90. The molecular formula is C14H20N2O3. The molecule has 19 heavy (non-hydrogen) atoms. The molecule has 0 saturated carbocycles. The number of hydrogen-bond donors (Lipinski definition) is 3. The number of aromatic hydroxyl groups is 1. The fraction of sp³-hybridized carbons (Fsp3) is 0.500. The molecule has 1 aromatic carbocycles. The number of rotatable bonds is 4. The topological polar surface area (TPSA) is 70.6 Å². The highest BCUT2D eigenvalue weighted by molar-refractivity contribution is 5.97. The molecule has 2 unspecified atom stereocenters. The molecule has 1 heterocycles. The highest BCUT2D eigenvalue weighted by Crippen LogP contribution is 2.23. The van der Waals surface area contributed by atoms with Gasteiger partial charge in [0.2, 0.25) is 0 Å². The number of nitrogens with one attached hydrogen (secondary N) is 2. The van der Waals surface area contributed by atoms with Crippen LogP contribution in [0.4, 0.5) is 0 Å². The molecule has 5 nitrogen and oxygen atoms in total. The summed E-state index contributed by atoms with van der Waals surface area (Å²) in [5, 5.41) is 16.0. The van der Waals surface area contributed by atoms with Gasteiger partial charge in [0.15, 0.2) is 0 Å². The van der Waals surface area contributed by atoms with Crippen LogP contribution < -0.4 is 15.4 Å². The Balaban J connectivity index is 2.02. The first-order chi connectivity index (χ1) is 9.11. The molecule has 0 bridgehead atoms. The molecular weight excluding hydrogens is 244 g/mol. The van der Waals surface area contributed by atoms with Crippen LogP contribution in [0.2, 0.25) is 0 Å². The molecule has 1 fully saturated rings. The van der Waals surface area contributed by atoms with Crippen molar-refractivity contribution in [2.75, 3.05) is 20.2 Å². The quantitative estimate of drug-likeness (QED) is 0.762. The summed E-state index contributed by atoms with van der Waals surface area (Å²) in [6.45, 7) is 3.92. The average Bonchev–Trinajstić information content (AvgIpc) is 2.92. The molecule has 1 saturated heterocycles. The maximum atomic E-state index is 12.1. The van der Waals surface area contributed by atoms with E-state index in [2.05, 4.69) is 10.6 Å². The van der Waals surface area contributed by atoms with E-state index in [0.29, 0.717) is 11.7 Å². The van der Waals surface area contributed by atoms with Gasteiger partial charge in [-0.1, -0.05) is 0 Å². The van der Waals surface area contributed by atoms with Gasteiger partial charge in [-0.2, -0.15) is 0 Å². The van der Waals surface area contributed by atoms with Crippen LogP contribution in [0.3, 0.4) is 0 Å². The normalized spacial score (nSPS) is 20.0. The maximum Gasteiger partial charge on any atom is 0.255 e. The van der Waals surface area contributed by atoms with Crippen LogP contribution in [0, 0.1) is 5.92 Å². The Labute approximate surface area is 113 Å². The summed E-state index contributed by atoms with van der Waals surface area (Å²) in [5.41, 5.74) is 0.276. The molecule has 104 valence electrons. The van der Waals surface area contributed by atoms with E-state index in [1.54, 1.807) is 12.1 Å². The summed E-state index contributed by atoms with van der Waals surface area (Å²) in [5.74, 6) is 0.666. The van der Waals surface area contributed by atoms with E-state index < -0.39 is 0 Å². The minimum absolute atomic E-state index is 0.0615. The lowest BCUT2D eigenvalue weighted by Gasteiger charge is -2.20. The van der Waals surface area contributed by atoms with Gasteiger partial charge in [0.25, 0.3) is 5.91 Å². The van der Waals surface area contributed by atoms with Crippen molar-refractivity contribution < 1.29 is 14.6 Å². The third kappa shape index (κ3) is 3.17. The van der Waals surface area contributed by atoms with E-state index in [4.69, 9.17) is 4.74 Å². The highest BCUT2D eigenvalue weighted by atomic mass is 16.5. The largest absolute Gasteiger partial charge is 0.507 e. The molecule has 0 spiro atoms. The second-order valence-corrected chi connectivity index (χ2v) is 4.90. The molecule has 2 rings (SSSR count). The number of carbonyl (C=O) groups is 1. The average molecular weight is 264 g/mol. The summed E-state index contributed by atoms with van der Waals surface area (Å²) in [7, 11) is 1.52. The Kier molecular flexibility index (Phi) is 4.27. The first kappa shape index (κ1) is 13.7. The minimum Gasteiger partial charge on any atom is -0.507 e. The van der Waals surface area contributed by atoms with Crippen molar-refractivity contribution in [2.24, 2.45) is 5.92 Å². The number of hydrogen-bond acceptors (Lipinski definition) is 4. The van der Waals surface area contributed by atoms with Gasteiger partial charge in [-0.3, -0.25) is 4.79 Å². The van der Waals surface area contributed by atoms with E-state index in [9.17, 15) is 9.90 Å². The van der Waals surface area contributed by atoms with Crippen molar-refractivity contribution >= 4 is 5.91 Å². The Hall–Kier alpha value is -1.75. The summed E-state index contributed by atoms with van der Waals surface area (Å²) >= 11 is 0. The van der Waals surface area contributed by atoms with Gasteiger partial charge in [0.05, 0.1) is 12.7 Å². The predicted molar refractivity (Wildman–Crippen MR) is 72.6 cm³/mol. The molecule has 1 amide bonds. The summed E-state index contributed by atoms with van der Waals surface area (Å²) in [6, 6.07) is 4.76. The van der Waals surface area contributed by atoms with Gasteiger partial charge in [0.1, 0.15) is 11.5 Å². The van der Waals surface area contributed by atoms with Crippen LogP contribution in [-0.4, -0.2) is 37.3 Å². The predicted octanol–water partition coefficient (Wildman–Crippen LogP) is 1.13. The van der Waals surface area contributed by atoms with Gasteiger partial charge >= 0.3 is 0 Å². The van der Waals surface area contributed by atoms with Gasteiger partial charge in [0, 0.05) is 12.1 Å². The Morgan fingerprint density at radius 3 is 2.95 bits per heavy atom. The first-order valence-corrected chi connectivity index (χ1v) is 6.50. The maximum absolute atomic E-state index is 12.1. The first-order valence-electron chi connectivity index (χ1n) is 6.50. The van der Waals surface area contributed by atoms with E-state index in [-0.39, 0.29) is 23.3 Å². The lowest BCUT2D eigenvalue weighted by molar-refractivity contribution is 0.0926. The van der Waals surface area contributed by atoms with Crippen LogP contribution in [0.25, 0.3) is 0 Å². The lowest BCUT2D eigenvalue weighted by Crippen LogP contribution is -2.38. The summed E-state index contributed by atoms with van der Waals surface area (Å²) in [4.78, 5) is 12.1. The van der Waals surface area contributed by atoms with Crippen LogP contribution >= 0.6 is 0 Å². The zero-order valence-electron chi connectivity index (χ0n) is 11.3. The van der Waals surface area contributed by atoms with Crippen LogP contribution in [0.1, 0.15) is 23.7 Å².